The highest BCUT2D eigenvalue weighted by Gasteiger charge is 2.45. The smallest absolute Gasteiger partial charge is 0.371 e. The van der Waals surface area contributed by atoms with Crippen molar-refractivity contribution >= 4 is 51.6 Å². The van der Waals surface area contributed by atoms with Gasteiger partial charge in [-0.3, -0.25) is 0 Å². The van der Waals surface area contributed by atoms with Crippen molar-refractivity contribution in [3.63, 3.8) is 0 Å². The monoisotopic (exact) mass is 650 g/mol. The molecule has 3 aliphatic rings. The van der Waals surface area contributed by atoms with Crippen LogP contribution in [-0.4, -0.2) is 41.4 Å². The number of benzene rings is 2. The number of aromatic nitrogens is 2. The van der Waals surface area contributed by atoms with Gasteiger partial charge >= 0.3 is 6.18 Å². The van der Waals surface area contributed by atoms with Crippen LogP contribution in [0.2, 0.25) is 10.0 Å². The van der Waals surface area contributed by atoms with Crippen molar-refractivity contribution in [2.45, 2.75) is 78.2 Å². The Labute approximate surface area is 268 Å². The largest absolute Gasteiger partial charge is 0.391 e. The molecule has 6 rings (SSSR count). The van der Waals surface area contributed by atoms with Gasteiger partial charge in [-0.05, 0) is 78.7 Å². The van der Waals surface area contributed by atoms with E-state index in [-0.39, 0.29) is 24.3 Å². The number of nitrogens with one attached hydrogen (secondary N) is 3. The van der Waals surface area contributed by atoms with Gasteiger partial charge in [0.25, 0.3) is 0 Å². The number of alkyl halides is 3. The minimum Gasteiger partial charge on any atom is -0.371 e. The Morgan fingerprint density at radius 3 is 2.32 bits per heavy atom. The number of hydrogen-bond donors (Lipinski definition) is 3. The molecule has 1 aromatic heterocycles. The van der Waals surface area contributed by atoms with E-state index in [0.717, 1.165) is 53.6 Å². The maximum atomic E-state index is 13.2. The number of nitrogens with zero attached hydrogens (tertiary/aromatic N) is 3. The standard InChI is InChI=1S/C33H43Cl2F3N6/c1-32(2,3)18-39-14-19-5-10-25(34)30(29(19)35)42-31-41-26-12-20(15-40-24-8-6-23(7-9-24)33(36,37)38)27(13-28(26)43(31)4)44-16-21-11-22(21)17-44/h5,10,12-13,21-24,39-40H,6-9,11,14-18H2,1-4H3,(H,41,42). The van der Waals surface area contributed by atoms with E-state index in [9.17, 15) is 13.2 Å². The van der Waals surface area contributed by atoms with E-state index >= 15 is 0 Å². The maximum absolute atomic E-state index is 13.2. The van der Waals surface area contributed by atoms with E-state index in [1.165, 1.54) is 12.1 Å². The van der Waals surface area contributed by atoms with E-state index in [2.05, 4.69) is 53.8 Å². The fraction of sp³-hybridized carbons (Fsp3) is 0.606. The number of aryl methyl sites for hydroxylation is 1. The zero-order chi connectivity index (χ0) is 31.4. The zero-order valence-corrected chi connectivity index (χ0v) is 27.4. The first-order valence-electron chi connectivity index (χ1n) is 15.8. The van der Waals surface area contributed by atoms with Gasteiger partial charge in [0.2, 0.25) is 5.95 Å². The molecule has 6 nitrogen and oxygen atoms in total. The lowest BCUT2D eigenvalue weighted by atomic mass is 9.85. The van der Waals surface area contributed by atoms with Crippen molar-refractivity contribution in [2.24, 2.45) is 30.2 Å². The summed E-state index contributed by atoms with van der Waals surface area (Å²) in [4.78, 5) is 7.42. The summed E-state index contributed by atoms with van der Waals surface area (Å²) < 4.78 is 41.6. The minimum atomic E-state index is -4.09. The summed E-state index contributed by atoms with van der Waals surface area (Å²) in [7, 11) is 1.98. The van der Waals surface area contributed by atoms with Crippen LogP contribution >= 0.6 is 23.2 Å². The summed E-state index contributed by atoms with van der Waals surface area (Å²) >= 11 is 13.5. The minimum absolute atomic E-state index is 0.0829. The Hall–Kier alpha value is -2.20. The molecule has 0 bridgehead atoms. The SMILES string of the molecule is Cn1c(Nc2c(Cl)ccc(CNCC(C)(C)C)c2Cl)nc2cc(CNC3CCC(C(F)(F)F)CC3)c(N3CC4CC4C3)cc21. The molecule has 2 atom stereocenters. The van der Waals surface area contributed by atoms with Crippen LogP contribution in [0.1, 0.15) is 64.0 Å². The van der Waals surface area contributed by atoms with Crippen molar-refractivity contribution in [3.05, 3.63) is 45.4 Å². The topological polar surface area (TPSA) is 57.2 Å². The van der Waals surface area contributed by atoms with Gasteiger partial charge in [-0.1, -0.05) is 50.0 Å². The van der Waals surface area contributed by atoms with E-state index < -0.39 is 12.1 Å². The van der Waals surface area contributed by atoms with Crippen LogP contribution in [0.4, 0.5) is 30.5 Å². The summed E-state index contributed by atoms with van der Waals surface area (Å²) in [5.74, 6) is 0.991. The van der Waals surface area contributed by atoms with Crippen LogP contribution in [0.3, 0.4) is 0 Å². The van der Waals surface area contributed by atoms with Crippen molar-refractivity contribution < 1.29 is 13.2 Å². The predicted octanol–water partition coefficient (Wildman–Crippen LogP) is 8.43. The summed E-state index contributed by atoms with van der Waals surface area (Å²) in [6.07, 6.45) is -1.32. The highest BCUT2D eigenvalue weighted by atomic mass is 35.5. The van der Waals surface area contributed by atoms with Gasteiger partial charge in [-0.25, -0.2) is 4.98 Å². The van der Waals surface area contributed by atoms with Gasteiger partial charge in [0, 0.05) is 51.5 Å². The maximum Gasteiger partial charge on any atom is 0.391 e. The molecule has 3 aromatic rings. The molecule has 2 saturated carbocycles. The number of imidazole rings is 1. The summed E-state index contributed by atoms with van der Waals surface area (Å²) in [6, 6.07) is 8.23. The van der Waals surface area contributed by atoms with Crippen LogP contribution in [-0.2, 0) is 20.1 Å². The van der Waals surface area contributed by atoms with E-state index in [1.54, 1.807) is 0 Å². The fourth-order valence-corrected chi connectivity index (χ4v) is 7.35. The third-order valence-corrected chi connectivity index (χ3v) is 10.3. The van der Waals surface area contributed by atoms with E-state index in [1.807, 2.05) is 23.7 Å². The second-order valence-corrected chi connectivity index (χ2v) is 15.1. The third kappa shape index (κ3) is 6.96. The Kier molecular flexibility index (Phi) is 8.80. The third-order valence-electron chi connectivity index (χ3n) is 9.55. The predicted molar refractivity (Wildman–Crippen MR) is 174 cm³/mol. The Morgan fingerprint density at radius 2 is 1.66 bits per heavy atom. The molecule has 2 aromatic carbocycles. The molecule has 1 aliphatic heterocycles. The second-order valence-electron chi connectivity index (χ2n) is 14.3. The number of anilines is 3. The molecule has 2 aliphatic carbocycles. The Balaban J connectivity index is 1.23. The average molecular weight is 652 g/mol. The van der Waals surface area contributed by atoms with Crippen LogP contribution < -0.4 is 20.9 Å². The molecule has 3 N–H and O–H groups in total. The van der Waals surface area contributed by atoms with Gasteiger partial charge < -0.3 is 25.4 Å². The highest BCUT2D eigenvalue weighted by Crippen LogP contribution is 2.47. The quantitative estimate of drug-likeness (QED) is 0.217. The molecule has 11 heteroatoms. The molecular weight excluding hydrogens is 608 g/mol. The number of hydrogen-bond acceptors (Lipinski definition) is 5. The molecule has 1 saturated heterocycles. The van der Waals surface area contributed by atoms with Crippen molar-refractivity contribution in [3.8, 4) is 0 Å². The first kappa shape index (κ1) is 31.8. The Morgan fingerprint density at radius 1 is 0.955 bits per heavy atom. The lowest BCUT2D eigenvalue weighted by Gasteiger charge is -2.31. The lowest BCUT2D eigenvalue weighted by molar-refractivity contribution is -0.182. The number of piperidine rings is 1. The summed E-state index contributed by atoms with van der Waals surface area (Å²) in [5, 5.41) is 11.6. The van der Waals surface area contributed by atoms with Gasteiger partial charge in [0.1, 0.15) is 0 Å². The molecular formula is C33H43Cl2F3N6. The zero-order valence-electron chi connectivity index (χ0n) is 25.9. The second kappa shape index (κ2) is 12.2. The van der Waals surface area contributed by atoms with Gasteiger partial charge in [0.05, 0.1) is 32.7 Å². The fourth-order valence-electron chi connectivity index (χ4n) is 6.82. The molecule has 240 valence electrons. The average Bonchev–Trinajstić information content (AvgIpc) is 3.44. The summed E-state index contributed by atoms with van der Waals surface area (Å²) in [5.41, 5.74) is 5.88. The first-order chi connectivity index (χ1) is 20.8. The number of halogens is 5. The molecule has 0 spiro atoms. The molecule has 0 radical (unpaired) electrons. The molecule has 44 heavy (non-hydrogen) atoms. The number of rotatable bonds is 9. The molecule has 0 amide bonds. The van der Waals surface area contributed by atoms with Gasteiger partial charge in [-0.2, -0.15) is 13.2 Å². The lowest BCUT2D eigenvalue weighted by Crippen LogP contribution is -2.37. The van der Waals surface area contributed by atoms with Crippen LogP contribution in [0.5, 0.6) is 0 Å². The normalized spacial score (nSPS) is 23.8. The van der Waals surface area contributed by atoms with Crippen LogP contribution in [0, 0.1) is 23.2 Å². The van der Waals surface area contributed by atoms with Crippen molar-refractivity contribution in [1.29, 1.82) is 0 Å². The van der Waals surface area contributed by atoms with Crippen LogP contribution in [0.25, 0.3) is 11.0 Å². The van der Waals surface area contributed by atoms with Crippen molar-refractivity contribution in [1.82, 2.24) is 20.2 Å². The molecule has 2 heterocycles. The number of fused-ring (bicyclic) bond motifs is 2. The van der Waals surface area contributed by atoms with E-state index in [0.29, 0.717) is 47.6 Å². The van der Waals surface area contributed by atoms with Gasteiger partial charge in [0.15, 0.2) is 0 Å². The summed E-state index contributed by atoms with van der Waals surface area (Å²) in [6.45, 7) is 10.7. The highest BCUT2D eigenvalue weighted by molar-refractivity contribution is 6.39. The Bertz CT molecular complexity index is 1500. The van der Waals surface area contributed by atoms with Gasteiger partial charge in [-0.15, -0.1) is 0 Å². The molecule has 2 unspecified atom stereocenters. The van der Waals surface area contributed by atoms with Crippen molar-refractivity contribution in [2.75, 3.05) is 29.9 Å². The van der Waals surface area contributed by atoms with E-state index in [4.69, 9.17) is 28.2 Å². The first-order valence-corrected chi connectivity index (χ1v) is 16.5. The molecule has 3 fully saturated rings. The van der Waals surface area contributed by atoms with Crippen LogP contribution in [0.15, 0.2) is 24.3 Å².